The lowest BCUT2D eigenvalue weighted by atomic mass is 10.1. The molecule has 2 aliphatic rings. The summed E-state index contributed by atoms with van der Waals surface area (Å²) >= 11 is 0. The van der Waals surface area contributed by atoms with Crippen molar-refractivity contribution < 1.29 is 33.3 Å². The lowest BCUT2D eigenvalue weighted by Crippen LogP contribution is -2.38. The van der Waals surface area contributed by atoms with E-state index in [4.69, 9.17) is 14.2 Å². The van der Waals surface area contributed by atoms with E-state index in [1.807, 2.05) is 37.3 Å². The molecule has 1 amide bonds. The Balaban J connectivity index is 1.50. The van der Waals surface area contributed by atoms with E-state index >= 15 is 0 Å². The van der Waals surface area contributed by atoms with Gasteiger partial charge in [-0.2, -0.15) is 0 Å². The van der Waals surface area contributed by atoms with Gasteiger partial charge in [0.15, 0.2) is 12.4 Å². The molecule has 8 nitrogen and oxygen atoms in total. The van der Waals surface area contributed by atoms with Gasteiger partial charge in [-0.25, -0.2) is 4.79 Å². The molecule has 0 aromatic heterocycles. The molecule has 0 radical (unpaired) electrons. The van der Waals surface area contributed by atoms with Gasteiger partial charge >= 0.3 is 11.9 Å². The first kappa shape index (κ1) is 20.2. The van der Waals surface area contributed by atoms with Gasteiger partial charge in [0, 0.05) is 12.5 Å². The Morgan fingerprint density at radius 3 is 2.30 bits per heavy atom. The molecule has 5 atom stereocenters. The van der Waals surface area contributed by atoms with Gasteiger partial charge in [0.1, 0.15) is 12.2 Å². The molecule has 4 unspecified atom stereocenters. The van der Waals surface area contributed by atoms with Crippen molar-refractivity contribution in [1.29, 1.82) is 0 Å². The summed E-state index contributed by atoms with van der Waals surface area (Å²) in [5, 5.41) is 2.68. The summed E-state index contributed by atoms with van der Waals surface area (Å²) in [6.45, 7) is 2.95. The van der Waals surface area contributed by atoms with Crippen LogP contribution in [0.25, 0.3) is 0 Å². The number of anilines is 1. The standard InChI is InChI=1S/C22H21NO7/c1-12-17-18(30-22(29-17)14-8-4-3-5-9-14)19(27-12)20(25)23-16-11-7-6-10-15(16)21(26)28-13(2)24/h3-12,17-19,22H,1-2H3,(H,23,25)/t12?,17?,18?,19?,22-/m1/s1. The first-order chi connectivity index (χ1) is 14.4. The van der Waals surface area contributed by atoms with Crippen molar-refractivity contribution in [2.45, 2.75) is 44.6 Å². The molecule has 2 heterocycles. The summed E-state index contributed by atoms with van der Waals surface area (Å²) in [7, 11) is 0. The van der Waals surface area contributed by atoms with E-state index in [2.05, 4.69) is 10.1 Å². The first-order valence-corrected chi connectivity index (χ1v) is 9.58. The molecule has 2 aromatic rings. The second-order valence-electron chi connectivity index (χ2n) is 7.12. The van der Waals surface area contributed by atoms with Crippen LogP contribution < -0.4 is 5.32 Å². The minimum absolute atomic E-state index is 0.0643. The number of hydrogen-bond acceptors (Lipinski definition) is 7. The van der Waals surface area contributed by atoms with Crippen molar-refractivity contribution in [2.75, 3.05) is 5.32 Å². The van der Waals surface area contributed by atoms with Crippen LogP contribution in [0, 0.1) is 0 Å². The van der Waals surface area contributed by atoms with Crippen molar-refractivity contribution in [3.8, 4) is 0 Å². The molecular formula is C22H21NO7. The summed E-state index contributed by atoms with van der Waals surface area (Å²) in [4.78, 5) is 36.2. The van der Waals surface area contributed by atoms with Gasteiger partial charge in [-0.05, 0) is 19.1 Å². The Labute approximate surface area is 173 Å². The molecule has 156 valence electrons. The minimum atomic E-state index is -0.921. The van der Waals surface area contributed by atoms with E-state index in [9.17, 15) is 14.4 Å². The number of nitrogens with one attached hydrogen (secondary N) is 1. The van der Waals surface area contributed by atoms with Crippen LogP contribution >= 0.6 is 0 Å². The lowest BCUT2D eigenvalue weighted by Gasteiger charge is -2.19. The Morgan fingerprint density at radius 1 is 0.900 bits per heavy atom. The predicted molar refractivity (Wildman–Crippen MR) is 104 cm³/mol. The summed E-state index contributed by atoms with van der Waals surface area (Å²) in [6.07, 6.45) is -2.85. The highest BCUT2D eigenvalue weighted by Gasteiger charge is 2.53. The SMILES string of the molecule is CC(=O)OC(=O)c1ccccc1NC(=O)C1OC(C)C2O[C@@H](c3ccccc3)OC12. The Bertz CT molecular complexity index is 961. The van der Waals surface area contributed by atoms with E-state index in [-0.39, 0.29) is 17.4 Å². The maximum atomic E-state index is 13.0. The fourth-order valence-electron chi connectivity index (χ4n) is 3.62. The topological polar surface area (TPSA) is 100 Å². The van der Waals surface area contributed by atoms with E-state index in [0.29, 0.717) is 0 Å². The number of para-hydroxylation sites is 1. The maximum Gasteiger partial charge on any atom is 0.347 e. The molecule has 2 aliphatic heterocycles. The molecule has 8 heteroatoms. The molecule has 2 saturated heterocycles. The molecule has 2 aromatic carbocycles. The zero-order valence-electron chi connectivity index (χ0n) is 16.4. The van der Waals surface area contributed by atoms with Gasteiger partial charge in [-0.3, -0.25) is 9.59 Å². The van der Waals surface area contributed by atoms with Crippen LogP contribution in [-0.4, -0.2) is 42.3 Å². The van der Waals surface area contributed by atoms with Crippen molar-refractivity contribution in [2.24, 2.45) is 0 Å². The fourth-order valence-corrected chi connectivity index (χ4v) is 3.62. The number of amides is 1. The van der Waals surface area contributed by atoms with Crippen molar-refractivity contribution in [3.05, 3.63) is 65.7 Å². The molecule has 0 aliphatic carbocycles. The number of ether oxygens (including phenoxy) is 4. The van der Waals surface area contributed by atoms with Crippen LogP contribution in [0.4, 0.5) is 5.69 Å². The van der Waals surface area contributed by atoms with Crippen LogP contribution in [-0.2, 0) is 28.5 Å². The smallest absolute Gasteiger partial charge is 0.347 e. The highest BCUT2D eigenvalue weighted by Crippen LogP contribution is 2.40. The maximum absolute atomic E-state index is 13.0. The van der Waals surface area contributed by atoms with Crippen LogP contribution in [0.3, 0.4) is 0 Å². The number of carbonyl (C=O) groups is 3. The Hall–Kier alpha value is -3.07. The molecule has 0 spiro atoms. The zero-order valence-corrected chi connectivity index (χ0v) is 16.4. The van der Waals surface area contributed by atoms with Crippen LogP contribution in [0.15, 0.2) is 54.6 Å². The average Bonchev–Trinajstić information content (AvgIpc) is 3.29. The minimum Gasteiger partial charge on any atom is -0.390 e. The van der Waals surface area contributed by atoms with Crippen LogP contribution in [0.5, 0.6) is 0 Å². The number of esters is 2. The number of benzene rings is 2. The third kappa shape index (κ3) is 3.97. The lowest BCUT2D eigenvalue weighted by molar-refractivity contribution is -0.147. The molecule has 4 rings (SSSR count). The largest absolute Gasteiger partial charge is 0.390 e. The van der Waals surface area contributed by atoms with Gasteiger partial charge in [0.2, 0.25) is 0 Å². The molecule has 1 N–H and O–H groups in total. The van der Waals surface area contributed by atoms with Crippen LogP contribution in [0.1, 0.15) is 36.1 Å². The highest BCUT2D eigenvalue weighted by molar-refractivity contribution is 6.05. The molecule has 0 bridgehead atoms. The van der Waals surface area contributed by atoms with Crippen molar-refractivity contribution >= 4 is 23.5 Å². The van der Waals surface area contributed by atoms with E-state index in [1.165, 1.54) is 6.07 Å². The van der Waals surface area contributed by atoms with Crippen LogP contribution in [0.2, 0.25) is 0 Å². The number of fused-ring (bicyclic) bond motifs is 1. The molecule has 30 heavy (non-hydrogen) atoms. The van der Waals surface area contributed by atoms with E-state index in [1.54, 1.807) is 18.2 Å². The monoisotopic (exact) mass is 411 g/mol. The third-order valence-corrected chi connectivity index (χ3v) is 4.98. The van der Waals surface area contributed by atoms with E-state index < -0.39 is 42.4 Å². The summed E-state index contributed by atoms with van der Waals surface area (Å²) in [5.74, 6) is -2.06. The summed E-state index contributed by atoms with van der Waals surface area (Å²) in [6, 6.07) is 15.7. The van der Waals surface area contributed by atoms with Gasteiger partial charge in [0.05, 0.1) is 17.4 Å². The summed E-state index contributed by atoms with van der Waals surface area (Å²) < 4.78 is 22.4. The highest BCUT2D eigenvalue weighted by atomic mass is 16.8. The molecule has 0 saturated carbocycles. The zero-order chi connectivity index (χ0) is 21.3. The van der Waals surface area contributed by atoms with Gasteiger partial charge < -0.3 is 24.3 Å². The quantitative estimate of drug-likeness (QED) is 0.610. The number of carbonyl (C=O) groups excluding carboxylic acids is 3. The van der Waals surface area contributed by atoms with Gasteiger partial charge in [-0.15, -0.1) is 0 Å². The van der Waals surface area contributed by atoms with Gasteiger partial charge in [-0.1, -0.05) is 42.5 Å². The van der Waals surface area contributed by atoms with Crippen molar-refractivity contribution in [1.82, 2.24) is 0 Å². The second-order valence-corrected chi connectivity index (χ2v) is 7.12. The molecule has 2 fully saturated rings. The average molecular weight is 411 g/mol. The molecular weight excluding hydrogens is 390 g/mol. The predicted octanol–water partition coefficient (Wildman–Crippen LogP) is 2.60. The van der Waals surface area contributed by atoms with Crippen molar-refractivity contribution in [3.63, 3.8) is 0 Å². The fraction of sp³-hybridized carbons (Fsp3) is 0.318. The number of rotatable bonds is 4. The summed E-state index contributed by atoms with van der Waals surface area (Å²) in [5.41, 5.74) is 1.14. The Kier molecular flexibility index (Phi) is 5.63. The Morgan fingerprint density at radius 2 is 1.57 bits per heavy atom. The second kappa shape index (κ2) is 8.35. The first-order valence-electron chi connectivity index (χ1n) is 9.58. The normalized spacial score (nSPS) is 27.3. The number of hydrogen-bond donors (Lipinski definition) is 1. The van der Waals surface area contributed by atoms with Gasteiger partial charge in [0.25, 0.3) is 5.91 Å². The third-order valence-electron chi connectivity index (χ3n) is 4.98. The van der Waals surface area contributed by atoms with E-state index in [0.717, 1.165) is 12.5 Å².